The molecule has 0 spiro atoms. The van der Waals surface area contributed by atoms with Crippen molar-refractivity contribution in [3.63, 3.8) is 0 Å². The van der Waals surface area contributed by atoms with Gasteiger partial charge in [-0.3, -0.25) is 4.79 Å². The maximum Gasteiger partial charge on any atom is 0.254 e. The third kappa shape index (κ3) is 4.37. The van der Waals surface area contributed by atoms with Gasteiger partial charge in [0.2, 0.25) is 0 Å². The van der Waals surface area contributed by atoms with E-state index in [4.69, 9.17) is 17.3 Å². The Morgan fingerprint density at radius 2 is 2.05 bits per heavy atom. The molecule has 0 bridgehead atoms. The molecule has 1 aromatic carbocycles. The van der Waals surface area contributed by atoms with Gasteiger partial charge >= 0.3 is 0 Å². The van der Waals surface area contributed by atoms with Crippen LogP contribution >= 0.6 is 35.3 Å². The van der Waals surface area contributed by atoms with Crippen molar-refractivity contribution in [1.82, 2.24) is 4.90 Å². The average Bonchev–Trinajstić information content (AvgIpc) is 2.83. The number of rotatable bonds is 4. The molecule has 1 aromatic heterocycles. The summed E-state index contributed by atoms with van der Waals surface area (Å²) in [7, 11) is 0. The molecular weight excluding hydrogens is 327 g/mol. The molecule has 0 radical (unpaired) electrons. The largest absolute Gasteiger partial charge is 0.399 e. The van der Waals surface area contributed by atoms with Gasteiger partial charge in [0.25, 0.3) is 5.91 Å². The van der Waals surface area contributed by atoms with Gasteiger partial charge in [0.05, 0.1) is 10.9 Å². The first kappa shape index (κ1) is 17.8. The summed E-state index contributed by atoms with van der Waals surface area (Å²) in [5.74, 6) is 0.00169. The van der Waals surface area contributed by atoms with Crippen LogP contribution in [0.15, 0.2) is 30.3 Å². The molecule has 3 nitrogen and oxygen atoms in total. The SMILES string of the molecule is CCN(Cc1ccc(Cl)s1)C(=O)c1cc(N)ccc1C.Cl. The zero-order valence-electron chi connectivity index (χ0n) is 11.9. The van der Waals surface area contributed by atoms with Crippen LogP contribution in [0.1, 0.15) is 27.7 Å². The van der Waals surface area contributed by atoms with Crippen molar-refractivity contribution in [3.05, 3.63) is 50.7 Å². The summed E-state index contributed by atoms with van der Waals surface area (Å²) < 4.78 is 0.739. The number of benzene rings is 1. The van der Waals surface area contributed by atoms with Crippen LogP contribution in [0.5, 0.6) is 0 Å². The number of carbonyl (C=O) groups excluding carboxylic acids is 1. The Labute approximate surface area is 140 Å². The standard InChI is InChI=1S/C15H17ClN2OS.ClH/c1-3-18(9-12-6-7-14(16)20-12)15(19)13-8-11(17)5-4-10(13)2;/h4-8H,3,9,17H2,1-2H3;1H. The first-order chi connectivity index (χ1) is 9.51. The summed E-state index contributed by atoms with van der Waals surface area (Å²) in [6.07, 6.45) is 0. The van der Waals surface area contributed by atoms with Gasteiger partial charge in [0.15, 0.2) is 0 Å². The average molecular weight is 345 g/mol. The van der Waals surface area contributed by atoms with E-state index in [-0.39, 0.29) is 18.3 Å². The quantitative estimate of drug-likeness (QED) is 0.836. The number of nitrogens with two attached hydrogens (primary N) is 1. The Morgan fingerprint density at radius 3 is 2.62 bits per heavy atom. The third-order valence-corrected chi connectivity index (χ3v) is 4.35. The second-order valence-corrected chi connectivity index (χ2v) is 6.40. The molecule has 0 aliphatic rings. The summed E-state index contributed by atoms with van der Waals surface area (Å²) in [4.78, 5) is 15.5. The van der Waals surface area contributed by atoms with Crippen LogP contribution in [0.3, 0.4) is 0 Å². The Balaban J connectivity index is 0.00000220. The molecule has 2 rings (SSSR count). The summed E-state index contributed by atoms with van der Waals surface area (Å²) in [5.41, 5.74) is 7.98. The van der Waals surface area contributed by atoms with Gasteiger partial charge in [-0.15, -0.1) is 23.7 Å². The highest BCUT2D eigenvalue weighted by Crippen LogP contribution is 2.24. The highest BCUT2D eigenvalue weighted by Gasteiger charge is 2.17. The van der Waals surface area contributed by atoms with Crippen molar-refractivity contribution in [2.24, 2.45) is 0 Å². The fraction of sp³-hybridized carbons (Fsp3) is 0.267. The molecular formula is C15H18Cl2N2OS. The fourth-order valence-corrected chi connectivity index (χ4v) is 3.10. The summed E-state index contributed by atoms with van der Waals surface area (Å²) >= 11 is 7.43. The molecule has 0 unspecified atom stereocenters. The Morgan fingerprint density at radius 1 is 1.33 bits per heavy atom. The van der Waals surface area contributed by atoms with E-state index in [2.05, 4.69) is 0 Å². The number of hydrogen-bond donors (Lipinski definition) is 1. The summed E-state index contributed by atoms with van der Waals surface area (Å²) in [6.45, 7) is 5.10. The normalized spacial score (nSPS) is 10.0. The first-order valence-electron chi connectivity index (χ1n) is 6.41. The molecule has 21 heavy (non-hydrogen) atoms. The van der Waals surface area contributed by atoms with E-state index in [1.54, 1.807) is 17.0 Å². The highest BCUT2D eigenvalue weighted by molar-refractivity contribution is 7.16. The van der Waals surface area contributed by atoms with Crippen molar-refractivity contribution in [3.8, 4) is 0 Å². The van der Waals surface area contributed by atoms with Crippen LogP contribution in [0, 0.1) is 6.92 Å². The van der Waals surface area contributed by atoms with Gasteiger partial charge in [-0.1, -0.05) is 17.7 Å². The molecule has 1 heterocycles. The number of carbonyl (C=O) groups is 1. The van der Waals surface area contributed by atoms with Crippen molar-refractivity contribution in [2.75, 3.05) is 12.3 Å². The number of amides is 1. The monoisotopic (exact) mass is 344 g/mol. The minimum atomic E-state index is 0. The number of aryl methyl sites for hydroxylation is 1. The number of halogens is 2. The molecule has 0 saturated heterocycles. The summed E-state index contributed by atoms with van der Waals surface area (Å²) in [5, 5.41) is 0. The predicted octanol–water partition coefficient (Wildman–Crippen LogP) is 4.38. The van der Waals surface area contributed by atoms with Crippen LogP contribution in [-0.2, 0) is 6.54 Å². The number of nitrogens with zero attached hydrogens (tertiary/aromatic N) is 1. The van der Waals surface area contributed by atoms with Crippen LogP contribution in [0.25, 0.3) is 0 Å². The van der Waals surface area contributed by atoms with E-state index in [9.17, 15) is 4.79 Å². The van der Waals surface area contributed by atoms with Gasteiger partial charge in [-0.25, -0.2) is 0 Å². The molecule has 0 fully saturated rings. The minimum Gasteiger partial charge on any atom is -0.399 e. The molecule has 2 aromatic rings. The minimum absolute atomic E-state index is 0. The van der Waals surface area contributed by atoms with Crippen molar-refractivity contribution in [1.29, 1.82) is 0 Å². The van der Waals surface area contributed by atoms with Crippen molar-refractivity contribution < 1.29 is 4.79 Å². The maximum atomic E-state index is 12.6. The molecule has 0 atom stereocenters. The van der Waals surface area contributed by atoms with E-state index in [1.807, 2.05) is 32.0 Å². The van der Waals surface area contributed by atoms with Crippen LogP contribution in [0.2, 0.25) is 4.34 Å². The van der Waals surface area contributed by atoms with Gasteiger partial charge in [0.1, 0.15) is 0 Å². The number of anilines is 1. The Kier molecular flexibility index (Phi) is 6.52. The lowest BCUT2D eigenvalue weighted by molar-refractivity contribution is 0.0753. The van der Waals surface area contributed by atoms with Gasteiger partial charge in [-0.2, -0.15) is 0 Å². The molecule has 6 heteroatoms. The molecule has 114 valence electrons. The van der Waals surface area contributed by atoms with Crippen LogP contribution < -0.4 is 5.73 Å². The van der Waals surface area contributed by atoms with Gasteiger partial charge in [0, 0.05) is 22.7 Å². The van der Waals surface area contributed by atoms with Gasteiger partial charge < -0.3 is 10.6 Å². The smallest absolute Gasteiger partial charge is 0.254 e. The second kappa shape index (κ2) is 7.69. The van der Waals surface area contributed by atoms with E-state index < -0.39 is 0 Å². The van der Waals surface area contributed by atoms with E-state index >= 15 is 0 Å². The Hall–Kier alpha value is -1.23. The van der Waals surface area contributed by atoms with Crippen molar-refractivity contribution >= 4 is 46.9 Å². The maximum absolute atomic E-state index is 12.6. The highest BCUT2D eigenvalue weighted by atomic mass is 35.5. The zero-order chi connectivity index (χ0) is 14.7. The molecule has 2 N–H and O–H groups in total. The zero-order valence-corrected chi connectivity index (χ0v) is 14.3. The molecule has 0 aliphatic carbocycles. The predicted molar refractivity (Wildman–Crippen MR) is 92.6 cm³/mol. The molecule has 0 aliphatic heterocycles. The van der Waals surface area contributed by atoms with Gasteiger partial charge in [-0.05, 0) is 43.7 Å². The number of nitrogen functional groups attached to an aromatic ring is 1. The van der Waals surface area contributed by atoms with E-state index in [1.165, 1.54) is 11.3 Å². The molecule has 1 amide bonds. The van der Waals surface area contributed by atoms with Crippen LogP contribution in [-0.4, -0.2) is 17.4 Å². The fourth-order valence-electron chi connectivity index (χ4n) is 1.99. The molecule has 0 saturated carbocycles. The van der Waals surface area contributed by atoms with Crippen molar-refractivity contribution in [2.45, 2.75) is 20.4 Å². The Bertz CT molecular complexity index is 628. The second-order valence-electron chi connectivity index (χ2n) is 4.60. The van der Waals surface area contributed by atoms with E-state index in [0.29, 0.717) is 24.3 Å². The topological polar surface area (TPSA) is 46.3 Å². The van der Waals surface area contributed by atoms with E-state index in [0.717, 1.165) is 14.8 Å². The summed E-state index contributed by atoms with van der Waals surface area (Å²) in [6, 6.07) is 9.22. The number of thiophene rings is 1. The first-order valence-corrected chi connectivity index (χ1v) is 7.60. The van der Waals surface area contributed by atoms with Crippen LogP contribution in [0.4, 0.5) is 5.69 Å². The lowest BCUT2D eigenvalue weighted by Gasteiger charge is -2.21. The lowest BCUT2D eigenvalue weighted by Crippen LogP contribution is -2.30. The third-order valence-electron chi connectivity index (χ3n) is 3.14. The number of hydrogen-bond acceptors (Lipinski definition) is 3. The lowest BCUT2D eigenvalue weighted by atomic mass is 10.1.